The average molecular weight is 364 g/mol. The molecule has 0 saturated carbocycles. The number of thiophene rings is 1. The van der Waals surface area contributed by atoms with Crippen LogP contribution in [0.2, 0.25) is 0 Å². The summed E-state index contributed by atoms with van der Waals surface area (Å²) in [4.78, 5) is 13.9. The molecule has 4 aromatic rings. The molecule has 3 aromatic heterocycles. The molecular weight excluding hydrogens is 348 g/mol. The van der Waals surface area contributed by atoms with Crippen molar-refractivity contribution >= 4 is 22.9 Å². The third kappa shape index (κ3) is 3.27. The smallest absolute Gasteiger partial charge is 0.272 e. The van der Waals surface area contributed by atoms with Crippen LogP contribution in [0.25, 0.3) is 5.69 Å². The van der Waals surface area contributed by atoms with Gasteiger partial charge in [0.05, 0.1) is 12.2 Å². The zero-order valence-corrected chi connectivity index (χ0v) is 14.8. The molecule has 0 bridgehead atoms. The summed E-state index contributed by atoms with van der Waals surface area (Å²) in [7, 11) is 0. The summed E-state index contributed by atoms with van der Waals surface area (Å²) in [5.74, 6) is -0.138. The molecule has 1 N–H and O–H groups in total. The Morgan fingerprint density at radius 2 is 2.15 bits per heavy atom. The highest BCUT2D eigenvalue weighted by atomic mass is 32.1. The Balaban J connectivity index is 1.52. The highest BCUT2D eigenvalue weighted by molar-refractivity contribution is 7.09. The lowest BCUT2D eigenvalue weighted by Crippen LogP contribution is -2.17. The number of benzene rings is 1. The van der Waals surface area contributed by atoms with Crippen molar-refractivity contribution in [1.82, 2.24) is 24.8 Å². The van der Waals surface area contributed by atoms with Crippen LogP contribution in [0.15, 0.2) is 60.4 Å². The first kappa shape index (κ1) is 16.2. The average Bonchev–Trinajstić information content (AvgIpc) is 3.38. The Morgan fingerprint density at radius 1 is 1.23 bits per heavy atom. The van der Waals surface area contributed by atoms with Crippen LogP contribution in [0, 0.1) is 6.92 Å². The van der Waals surface area contributed by atoms with Gasteiger partial charge >= 0.3 is 0 Å². The molecule has 0 spiro atoms. The first-order valence-corrected chi connectivity index (χ1v) is 8.91. The van der Waals surface area contributed by atoms with Crippen molar-refractivity contribution in [1.29, 1.82) is 0 Å². The first-order valence-electron chi connectivity index (χ1n) is 8.03. The van der Waals surface area contributed by atoms with Crippen molar-refractivity contribution in [3.8, 4) is 5.69 Å². The second-order valence-corrected chi connectivity index (χ2v) is 6.84. The van der Waals surface area contributed by atoms with Crippen LogP contribution in [0.5, 0.6) is 0 Å². The first-order chi connectivity index (χ1) is 12.7. The summed E-state index contributed by atoms with van der Waals surface area (Å²) < 4.78 is 3.54. The monoisotopic (exact) mass is 364 g/mol. The van der Waals surface area contributed by atoms with Crippen LogP contribution < -0.4 is 5.32 Å². The zero-order valence-electron chi connectivity index (χ0n) is 14.0. The summed E-state index contributed by atoms with van der Waals surface area (Å²) in [5.41, 5.74) is 3.19. The predicted molar refractivity (Wildman–Crippen MR) is 99.7 cm³/mol. The molecule has 0 fully saturated rings. The molecule has 0 aliphatic carbocycles. The summed E-state index contributed by atoms with van der Waals surface area (Å²) >= 11 is 1.68. The van der Waals surface area contributed by atoms with Gasteiger partial charge in [0, 0.05) is 16.8 Å². The summed E-state index contributed by atoms with van der Waals surface area (Å²) in [5, 5.41) is 16.2. The van der Waals surface area contributed by atoms with Crippen molar-refractivity contribution in [3.63, 3.8) is 0 Å². The van der Waals surface area contributed by atoms with E-state index >= 15 is 0 Å². The molecule has 0 saturated heterocycles. The van der Waals surface area contributed by atoms with E-state index in [1.54, 1.807) is 16.0 Å². The normalized spacial score (nSPS) is 10.8. The molecule has 1 aromatic carbocycles. The lowest BCUT2D eigenvalue weighted by molar-refractivity contribution is 0.101. The molecule has 130 valence electrons. The van der Waals surface area contributed by atoms with Gasteiger partial charge in [0.1, 0.15) is 12.0 Å². The molecule has 0 atom stereocenters. The largest absolute Gasteiger partial charge is 0.338 e. The van der Waals surface area contributed by atoms with Crippen LogP contribution in [-0.2, 0) is 6.54 Å². The maximum absolute atomic E-state index is 12.7. The Labute approximate surface area is 153 Å². The highest BCUT2D eigenvalue weighted by Gasteiger charge is 2.13. The minimum absolute atomic E-state index is 0.138. The van der Waals surface area contributed by atoms with E-state index in [0.717, 1.165) is 16.9 Å². The van der Waals surface area contributed by atoms with E-state index in [1.807, 2.05) is 59.5 Å². The molecule has 4 rings (SSSR count). The number of carbonyl (C=O) groups is 1. The number of nitrogens with zero attached hydrogens (tertiary/aromatic N) is 5. The number of carbonyl (C=O) groups excluding carboxylic acids is 1. The minimum atomic E-state index is -0.138. The number of aromatic nitrogens is 5. The molecule has 7 nitrogen and oxygen atoms in total. The number of hydrogen-bond acceptors (Lipinski definition) is 5. The van der Waals surface area contributed by atoms with Crippen molar-refractivity contribution in [3.05, 3.63) is 76.5 Å². The molecule has 1 amide bonds. The van der Waals surface area contributed by atoms with Crippen molar-refractivity contribution < 1.29 is 4.79 Å². The van der Waals surface area contributed by atoms with Gasteiger partial charge < -0.3 is 9.88 Å². The van der Waals surface area contributed by atoms with Crippen LogP contribution in [0.3, 0.4) is 0 Å². The summed E-state index contributed by atoms with van der Waals surface area (Å²) in [6, 6.07) is 13.4. The maximum Gasteiger partial charge on any atom is 0.272 e. The summed E-state index contributed by atoms with van der Waals surface area (Å²) in [6.07, 6.45) is 3.46. The molecule has 0 radical (unpaired) electrons. The van der Waals surface area contributed by atoms with Crippen LogP contribution >= 0.6 is 11.3 Å². The Morgan fingerprint density at radius 3 is 2.88 bits per heavy atom. The summed E-state index contributed by atoms with van der Waals surface area (Å²) in [6.45, 7) is 2.64. The van der Waals surface area contributed by atoms with Gasteiger partial charge in [0.25, 0.3) is 5.91 Å². The van der Waals surface area contributed by atoms with E-state index in [1.165, 1.54) is 11.2 Å². The Hall–Kier alpha value is -3.26. The fourth-order valence-electron chi connectivity index (χ4n) is 2.79. The van der Waals surface area contributed by atoms with Crippen molar-refractivity contribution in [2.75, 3.05) is 5.32 Å². The van der Waals surface area contributed by atoms with Gasteiger partial charge in [-0.25, -0.2) is 4.68 Å². The second kappa shape index (κ2) is 6.93. The zero-order chi connectivity index (χ0) is 17.9. The highest BCUT2D eigenvalue weighted by Crippen LogP contribution is 2.19. The number of anilines is 1. The van der Waals surface area contributed by atoms with E-state index in [4.69, 9.17) is 0 Å². The van der Waals surface area contributed by atoms with E-state index in [-0.39, 0.29) is 5.91 Å². The fraction of sp³-hybridized carbons (Fsp3) is 0.111. The van der Waals surface area contributed by atoms with Gasteiger partial charge in [-0.05, 0) is 64.7 Å². The Bertz CT molecular complexity index is 1020. The number of amides is 1. The third-order valence-electron chi connectivity index (χ3n) is 4.02. The standard InChI is InChI=1S/C18H16N6OS/c1-13-10-14(6-7-16(13)24-12-19-21-22-24)20-18(25)17-5-2-8-23(17)11-15-4-3-9-26-15/h2-10,12H,11H2,1H3,(H,20,25). The molecule has 0 unspecified atom stereocenters. The van der Waals surface area contributed by atoms with E-state index < -0.39 is 0 Å². The second-order valence-electron chi connectivity index (χ2n) is 5.81. The molecule has 26 heavy (non-hydrogen) atoms. The van der Waals surface area contributed by atoms with Gasteiger partial charge in [0.15, 0.2) is 0 Å². The van der Waals surface area contributed by atoms with E-state index in [0.29, 0.717) is 12.2 Å². The van der Waals surface area contributed by atoms with Crippen molar-refractivity contribution in [2.45, 2.75) is 13.5 Å². The lowest BCUT2D eigenvalue weighted by atomic mass is 10.1. The van der Waals surface area contributed by atoms with Gasteiger partial charge in [-0.15, -0.1) is 16.4 Å². The molecule has 8 heteroatoms. The lowest BCUT2D eigenvalue weighted by Gasteiger charge is -2.11. The number of tetrazole rings is 1. The van der Waals surface area contributed by atoms with E-state index in [2.05, 4.69) is 26.9 Å². The number of hydrogen-bond donors (Lipinski definition) is 1. The third-order valence-corrected chi connectivity index (χ3v) is 4.88. The van der Waals surface area contributed by atoms with Gasteiger partial charge in [-0.1, -0.05) is 6.07 Å². The molecule has 0 aliphatic heterocycles. The fourth-order valence-corrected chi connectivity index (χ4v) is 3.49. The van der Waals surface area contributed by atoms with E-state index in [9.17, 15) is 4.79 Å². The predicted octanol–water partition coefficient (Wildman–Crippen LogP) is 3.13. The minimum Gasteiger partial charge on any atom is -0.338 e. The maximum atomic E-state index is 12.7. The quantitative estimate of drug-likeness (QED) is 0.590. The molecule has 0 aliphatic rings. The topological polar surface area (TPSA) is 77.6 Å². The number of rotatable bonds is 5. The van der Waals surface area contributed by atoms with Gasteiger partial charge in [-0.2, -0.15) is 0 Å². The van der Waals surface area contributed by atoms with Crippen molar-refractivity contribution in [2.24, 2.45) is 0 Å². The van der Waals surface area contributed by atoms with Crippen LogP contribution in [0.4, 0.5) is 5.69 Å². The van der Waals surface area contributed by atoms with Gasteiger partial charge in [-0.3, -0.25) is 4.79 Å². The van der Waals surface area contributed by atoms with Crippen LogP contribution in [-0.4, -0.2) is 30.7 Å². The molecular formula is C18H16N6OS. The SMILES string of the molecule is Cc1cc(NC(=O)c2cccn2Cc2cccs2)ccc1-n1cnnn1. The Kier molecular flexibility index (Phi) is 4.32. The number of nitrogens with one attached hydrogen (secondary N) is 1. The molecule has 3 heterocycles. The number of aryl methyl sites for hydroxylation is 1. The van der Waals surface area contributed by atoms with Crippen LogP contribution in [0.1, 0.15) is 20.9 Å². The van der Waals surface area contributed by atoms with Gasteiger partial charge in [0.2, 0.25) is 0 Å².